The molecule has 2 N–H and O–H groups in total. The molecule has 1 aliphatic rings. The molecule has 136 valence electrons. The van der Waals surface area contributed by atoms with Crippen molar-refractivity contribution >= 4 is 17.9 Å². The number of hydrogen-bond donors (Lipinski definition) is 1. The zero-order valence-corrected chi connectivity index (χ0v) is 14.9. The number of carbonyl (C=O) groups is 2. The van der Waals surface area contributed by atoms with E-state index in [1.54, 1.807) is 30.4 Å². The SMILES string of the molecule is COc1cc(/C=C/C(=O)N(C)C2CCCCC2)ccc1OCC(N)=O. The molecular weight excluding hydrogens is 320 g/mol. The van der Waals surface area contributed by atoms with Crippen LogP contribution >= 0.6 is 0 Å². The molecule has 0 spiro atoms. The Balaban J connectivity index is 2.01. The number of primary amides is 1. The van der Waals surface area contributed by atoms with Crippen LogP contribution in [0.4, 0.5) is 0 Å². The fraction of sp³-hybridized carbons (Fsp3) is 0.474. The van der Waals surface area contributed by atoms with Gasteiger partial charge < -0.3 is 20.1 Å². The Hall–Kier alpha value is -2.50. The van der Waals surface area contributed by atoms with Crippen LogP contribution in [0.25, 0.3) is 6.08 Å². The van der Waals surface area contributed by atoms with Gasteiger partial charge in [-0.2, -0.15) is 0 Å². The molecule has 0 bridgehead atoms. The molecule has 0 atom stereocenters. The number of methoxy groups -OCH3 is 1. The summed E-state index contributed by atoms with van der Waals surface area (Å²) in [5, 5.41) is 0. The van der Waals surface area contributed by atoms with E-state index in [2.05, 4.69) is 0 Å². The van der Waals surface area contributed by atoms with Crippen molar-refractivity contribution in [2.45, 2.75) is 38.1 Å². The zero-order valence-electron chi connectivity index (χ0n) is 14.9. The third-order valence-corrected chi connectivity index (χ3v) is 4.45. The number of benzene rings is 1. The number of carbonyl (C=O) groups excluding carboxylic acids is 2. The molecule has 2 rings (SSSR count). The molecule has 1 fully saturated rings. The van der Waals surface area contributed by atoms with Crippen molar-refractivity contribution in [1.29, 1.82) is 0 Å². The molecule has 0 unspecified atom stereocenters. The summed E-state index contributed by atoms with van der Waals surface area (Å²) >= 11 is 0. The van der Waals surface area contributed by atoms with Crippen LogP contribution in [0.1, 0.15) is 37.7 Å². The van der Waals surface area contributed by atoms with Gasteiger partial charge in [-0.3, -0.25) is 9.59 Å². The molecule has 0 aliphatic heterocycles. The lowest BCUT2D eigenvalue weighted by Crippen LogP contribution is -2.37. The zero-order chi connectivity index (χ0) is 18.2. The quantitative estimate of drug-likeness (QED) is 0.769. The van der Waals surface area contributed by atoms with Gasteiger partial charge in [-0.25, -0.2) is 0 Å². The minimum Gasteiger partial charge on any atom is -0.493 e. The highest BCUT2D eigenvalue weighted by Crippen LogP contribution is 2.28. The van der Waals surface area contributed by atoms with Crippen molar-refractivity contribution in [3.05, 3.63) is 29.8 Å². The van der Waals surface area contributed by atoms with E-state index in [1.807, 2.05) is 11.9 Å². The van der Waals surface area contributed by atoms with Gasteiger partial charge in [0.1, 0.15) is 0 Å². The van der Waals surface area contributed by atoms with Crippen LogP contribution in [0.5, 0.6) is 11.5 Å². The number of likely N-dealkylation sites (N-methyl/N-ethyl adjacent to an activating group) is 1. The minimum atomic E-state index is -0.553. The van der Waals surface area contributed by atoms with Gasteiger partial charge in [-0.1, -0.05) is 25.3 Å². The Bertz CT molecular complexity index is 636. The topological polar surface area (TPSA) is 81.9 Å². The normalized spacial score (nSPS) is 15.1. The Morgan fingerprint density at radius 2 is 1.96 bits per heavy atom. The molecular formula is C19H26N2O4. The number of nitrogens with two attached hydrogens (primary N) is 1. The Morgan fingerprint density at radius 3 is 2.60 bits per heavy atom. The van der Waals surface area contributed by atoms with Gasteiger partial charge in [0.05, 0.1) is 7.11 Å². The minimum absolute atomic E-state index is 0.0000724. The average Bonchev–Trinajstić information content (AvgIpc) is 2.64. The highest BCUT2D eigenvalue weighted by molar-refractivity contribution is 5.91. The molecule has 6 heteroatoms. The maximum Gasteiger partial charge on any atom is 0.255 e. The summed E-state index contributed by atoms with van der Waals surface area (Å²) in [5.74, 6) is 0.364. The maximum absolute atomic E-state index is 12.3. The van der Waals surface area contributed by atoms with E-state index in [1.165, 1.54) is 26.4 Å². The first-order chi connectivity index (χ1) is 12.0. The fourth-order valence-electron chi connectivity index (χ4n) is 2.99. The van der Waals surface area contributed by atoms with Gasteiger partial charge in [0.25, 0.3) is 5.91 Å². The van der Waals surface area contributed by atoms with Gasteiger partial charge in [-0.15, -0.1) is 0 Å². The van der Waals surface area contributed by atoms with E-state index in [0.717, 1.165) is 18.4 Å². The lowest BCUT2D eigenvalue weighted by Gasteiger charge is -2.30. The van der Waals surface area contributed by atoms with Crippen molar-refractivity contribution in [3.63, 3.8) is 0 Å². The van der Waals surface area contributed by atoms with Crippen molar-refractivity contribution in [1.82, 2.24) is 4.90 Å². The van der Waals surface area contributed by atoms with E-state index < -0.39 is 5.91 Å². The van der Waals surface area contributed by atoms with Crippen molar-refractivity contribution in [2.24, 2.45) is 5.73 Å². The monoisotopic (exact) mass is 346 g/mol. The van der Waals surface area contributed by atoms with Gasteiger partial charge >= 0.3 is 0 Å². The summed E-state index contributed by atoms with van der Waals surface area (Å²) in [5.41, 5.74) is 5.89. The number of ether oxygens (including phenoxy) is 2. The Kier molecular flexibility index (Phi) is 6.86. The number of rotatable bonds is 7. The summed E-state index contributed by atoms with van der Waals surface area (Å²) in [6.45, 7) is -0.212. The van der Waals surface area contributed by atoms with E-state index in [4.69, 9.17) is 15.2 Å². The predicted octanol–water partition coefficient (Wildman–Crippen LogP) is 2.36. The molecule has 1 aliphatic carbocycles. The van der Waals surface area contributed by atoms with Crippen LogP contribution in [-0.4, -0.2) is 43.5 Å². The van der Waals surface area contributed by atoms with E-state index in [0.29, 0.717) is 17.5 Å². The highest BCUT2D eigenvalue weighted by atomic mass is 16.5. The lowest BCUT2D eigenvalue weighted by molar-refractivity contribution is -0.127. The molecule has 0 aromatic heterocycles. The molecule has 1 aromatic carbocycles. The van der Waals surface area contributed by atoms with Crippen molar-refractivity contribution in [2.75, 3.05) is 20.8 Å². The van der Waals surface area contributed by atoms with Crippen LogP contribution in [0.15, 0.2) is 24.3 Å². The molecule has 2 amide bonds. The van der Waals surface area contributed by atoms with Crippen molar-refractivity contribution in [3.8, 4) is 11.5 Å². The number of nitrogens with zero attached hydrogens (tertiary/aromatic N) is 1. The smallest absolute Gasteiger partial charge is 0.255 e. The van der Waals surface area contributed by atoms with Gasteiger partial charge in [0, 0.05) is 19.2 Å². The summed E-state index contributed by atoms with van der Waals surface area (Å²) in [7, 11) is 3.38. The second-order valence-electron chi connectivity index (χ2n) is 6.24. The first-order valence-corrected chi connectivity index (χ1v) is 8.55. The molecule has 25 heavy (non-hydrogen) atoms. The van der Waals surface area contributed by atoms with E-state index in [9.17, 15) is 9.59 Å². The second-order valence-corrected chi connectivity index (χ2v) is 6.24. The average molecular weight is 346 g/mol. The van der Waals surface area contributed by atoms with Crippen LogP contribution in [0.2, 0.25) is 0 Å². The summed E-state index contributed by atoms with van der Waals surface area (Å²) in [4.78, 5) is 25.0. The molecule has 1 saturated carbocycles. The fourth-order valence-corrected chi connectivity index (χ4v) is 2.99. The van der Waals surface area contributed by atoms with Crippen LogP contribution in [0, 0.1) is 0 Å². The van der Waals surface area contributed by atoms with Gasteiger partial charge in [0.2, 0.25) is 5.91 Å². The highest BCUT2D eigenvalue weighted by Gasteiger charge is 2.20. The molecule has 1 aromatic rings. The first-order valence-electron chi connectivity index (χ1n) is 8.55. The van der Waals surface area contributed by atoms with E-state index in [-0.39, 0.29) is 12.5 Å². The number of amides is 2. The predicted molar refractivity (Wildman–Crippen MR) is 96.4 cm³/mol. The first kappa shape index (κ1) is 18.8. The maximum atomic E-state index is 12.3. The Morgan fingerprint density at radius 1 is 1.24 bits per heavy atom. The standard InChI is InChI=1S/C19H26N2O4/c1-21(15-6-4-3-5-7-15)19(23)11-9-14-8-10-16(17(12-14)24-2)25-13-18(20)22/h8-12,15H,3-7,13H2,1-2H3,(H2,20,22)/b11-9+. The molecule has 6 nitrogen and oxygen atoms in total. The van der Waals surface area contributed by atoms with Crippen LogP contribution in [0.3, 0.4) is 0 Å². The lowest BCUT2D eigenvalue weighted by atomic mass is 9.94. The summed E-state index contributed by atoms with van der Waals surface area (Å²) in [6.07, 6.45) is 9.13. The third kappa shape index (κ3) is 5.52. The molecule has 0 saturated heterocycles. The van der Waals surface area contributed by atoms with E-state index >= 15 is 0 Å². The van der Waals surface area contributed by atoms with Crippen LogP contribution in [-0.2, 0) is 9.59 Å². The largest absolute Gasteiger partial charge is 0.493 e. The number of hydrogen-bond acceptors (Lipinski definition) is 4. The molecule has 0 heterocycles. The van der Waals surface area contributed by atoms with Gasteiger partial charge in [0.15, 0.2) is 18.1 Å². The summed E-state index contributed by atoms with van der Waals surface area (Å²) < 4.78 is 10.6. The van der Waals surface area contributed by atoms with Gasteiger partial charge in [-0.05, 0) is 36.6 Å². The van der Waals surface area contributed by atoms with Crippen molar-refractivity contribution < 1.29 is 19.1 Å². The second kappa shape index (κ2) is 9.11. The molecule has 0 radical (unpaired) electrons. The summed E-state index contributed by atoms with van der Waals surface area (Å²) in [6, 6.07) is 5.57. The van der Waals surface area contributed by atoms with Crippen LogP contribution < -0.4 is 15.2 Å². The third-order valence-electron chi connectivity index (χ3n) is 4.45. The Labute approximate surface area is 148 Å².